The van der Waals surface area contributed by atoms with Crippen LogP contribution in [0.3, 0.4) is 0 Å². The van der Waals surface area contributed by atoms with Gasteiger partial charge in [0.15, 0.2) is 6.10 Å². The molecule has 0 aromatic heterocycles. The first kappa shape index (κ1) is 23.9. The summed E-state index contributed by atoms with van der Waals surface area (Å²) in [6.07, 6.45) is -1.01. The number of esters is 1. The van der Waals surface area contributed by atoms with E-state index in [2.05, 4.69) is 0 Å². The number of nitrogens with zero attached hydrogens (tertiary/aromatic N) is 2. The van der Waals surface area contributed by atoms with Crippen LogP contribution in [-0.2, 0) is 14.4 Å². The van der Waals surface area contributed by atoms with E-state index in [-0.39, 0.29) is 0 Å². The number of carbonyl (C=O) groups is 3. The summed E-state index contributed by atoms with van der Waals surface area (Å²) < 4.78 is 5.51. The fourth-order valence-corrected chi connectivity index (χ4v) is 5.12. The zero-order valence-corrected chi connectivity index (χ0v) is 20.7. The Hall–Kier alpha value is -4.46. The highest BCUT2D eigenvalue weighted by Crippen LogP contribution is 2.48. The van der Waals surface area contributed by atoms with Gasteiger partial charge in [-0.25, -0.2) is 14.8 Å². The summed E-state index contributed by atoms with van der Waals surface area (Å²) in [5, 5.41) is 1.91. The van der Waals surface area contributed by atoms with E-state index in [9.17, 15) is 14.4 Å². The molecule has 4 aromatic rings. The van der Waals surface area contributed by atoms with Crippen molar-refractivity contribution in [1.82, 2.24) is 0 Å². The van der Waals surface area contributed by atoms with Crippen LogP contribution >= 0.6 is 11.6 Å². The number of carbonyl (C=O) groups excluding carboxylic acids is 3. The number of ether oxygens (including phenoxy) is 1. The molecule has 8 heteroatoms. The molecule has 188 valence electrons. The van der Waals surface area contributed by atoms with Crippen LogP contribution in [0.25, 0.3) is 0 Å². The van der Waals surface area contributed by atoms with Crippen molar-refractivity contribution in [3.8, 4) is 5.75 Å². The van der Waals surface area contributed by atoms with Gasteiger partial charge < -0.3 is 4.74 Å². The van der Waals surface area contributed by atoms with Gasteiger partial charge in [0.25, 0.3) is 5.91 Å². The predicted octanol–water partition coefficient (Wildman–Crippen LogP) is 5.61. The zero-order valence-electron chi connectivity index (χ0n) is 19.9. The summed E-state index contributed by atoms with van der Waals surface area (Å²) in [5.74, 6) is -1.78. The highest BCUT2D eigenvalue weighted by molar-refractivity contribution is 6.36. The topological polar surface area (TPSA) is 76.2 Å². The van der Waals surface area contributed by atoms with Gasteiger partial charge in [-0.3, -0.25) is 14.4 Å². The smallest absolute Gasteiger partial charge is 0.343 e. The Kier molecular flexibility index (Phi) is 6.15. The van der Waals surface area contributed by atoms with Crippen molar-refractivity contribution in [2.45, 2.75) is 12.1 Å². The summed E-state index contributed by atoms with van der Waals surface area (Å²) in [4.78, 5) is 46.9. The number of amides is 2. The normalized spacial score (nSPS) is 20.5. The van der Waals surface area contributed by atoms with Crippen molar-refractivity contribution < 1.29 is 24.0 Å². The number of benzene rings is 4. The van der Waals surface area contributed by atoms with Crippen LogP contribution < -0.4 is 14.7 Å². The number of anilines is 2. The molecule has 2 saturated heterocycles. The fourth-order valence-electron chi connectivity index (χ4n) is 4.90. The monoisotopic (exact) mass is 524 g/mol. The minimum absolute atomic E-state index is 0.301. The fraction of sp³-hybridized carbons (Fsp3) is 0.100. The van der Waals surface area contributed by atoms with E-state index in [1.54, 1.807) is 77.9 Å². The molecule has 0 bridgehead atoms. The molecular formula is C30H21ClN2O5. The largest absolute Gasteiger partial charge is 0.423 e. The Balaban J connectivity index is 1.34. The standard InChI is InChI=1S/C30H21ClN2O5/c31-23-13-7-8-14-24(23)32-28(34)25-26(33(38-27(25)29(32)35)21-11-5-2-6-12-21)19-15-17-22(18-16-19)37-30(36)20-9-3-1-4-10-20/h1-18,25-27H/t25-,26+,27-/m1/s1. The lowest BCUT2D eigenvalue weighted by Gasteiger charge is -2.29. The van der Waals surface area contributed by atoms with Gasteiger partial charge >= 0.3 is 5.97 Å². The van der Waals surface area contributed by atoms with Gasteiger partial charge in [0.2, 0.25) is 5.91 Å². The van der Waals surface area contributed by atoms with Gasteiger partial charge in [-0.1, -0.05) is 72.3 Å². The van der Waals surface area contributed by atoms with E-state index >= 15 is 0 Å². The molecule has 7 nitrogen and oxygen atoms in total. The summed E-state index contributed by atoms with van der Waals surface area (Å²) in [6.45, 7) is 0. The molecule has 0 N–H and O–H groups in total. The molecular weight excluding hydrogens is 504 g/mol. The Morgan fingerprint density at radius 1 is 0.763 bits per heavy atom. The Labute approximate surface area is 223 Å². The maximum Gasteiger partial charge on any atom is 0.343 e. The molecule has 2 aliphatic heterocycles. The Morgan fingerprint density at radius 3 is 2.08 bits per heavy atom. The molecule has 3 atom stereocenters. The summed E-state index contributed by atoms with van der Waals surface area (Å²) in [7, 11) is 0. The van der Waals surface area contributed by atoms with Crippen molar-refractivity contribution in [2.75, 3.05) is 9.96 Å². The maximum atomic E-state index is 13.8. The molecule has 2 amide bonds. The number of para-hydroxylation sites is 2. The predicted molar refractivity (Wildman–Crippen MR) is 142 cm³/mol. The van der Waals surface area contributed by atoms with E-state index in [1.165, 1.54) is 0 Å². The first-order valence-electron chi connectivity index (χ1n) is 12.0. The first-order valence-corrected chi connectivity index (χ1v) is 12.4. The van der Waals surface area contributed by atoms with Crippen molar-refractivity contribution >= 4 is 40.8 Å². The van der Waals surface area contributed by atoms with E-state index in [0.717, 1.165) is 10.5 Å². The lowest BCUT2D eigenvalue weighted by molar-refractivity contribution is -0.126. The number of hydroxylamine groups is 1. The van der Waals surface area contributed by atoms with E-state index in [1.807, 2.05) is 36.4 Å². The van der Waals surface area contributed by atoms with Gasteiger partial charge in [-0.05, 0) is 54.1 Å². The average Bonchev–Trinajstić information content (AvgIpc) is 3.46. The molecule has 0 radical (unpaired) electrons. The highest BCUT2D eigenvalue weighted by Gasteiger charge is 2.60. The molecule has 6 rings (SSSR count). The van der Waals surface area contributed by atoms with Crippen LogP contribution in [0, 0.1) is 5.92 Å². The molecule has 38 heavy (non-hydrogen) atoms. The third-order valence-corrected chi connectivity index (χ3v) is 6.98. The van der Waals surface area contributed by atoms with Crippen LogP contribution in [0.1, 0.15) is 22.0 Å². The minimum atomic E-state index is -1.01. The number of hydrogen-bond donors (Lipinski definition) is 0. The number of halogens is 1. The number of rotatable bonds is 5. The quantitative estimate of drug-likeness (QED) is 0.192. The second-order valence-electron chi connectivity index (χ2n) is 8.95. The Morgan fingerprint density at radius 2 is 1.39 bits per heavy atom. The molecule has 2 aliphatic rings. The van der Waals surface area contributed by atoms with Crippen molar-refractivity contribution in [3.63, 3.8) is 0 Å². The molecule has 0 spiro atoms. The van der Waals surface area contributed by atoms with Crippen LogP contribution in [-0.4, -0.2) is 23.9 Å². The van der Waals surface area contributed by atoms with Gasteiger partial charge in [-0.2, -0.15) is 0 Å². The van der Waals surface area contributed by atoms with E-state index in [0.29, 0.717) is 27.7 Å². The van der Waals surface area contributed by atoms with Gasteiger partial charge in [0.05, 0.1) is 28.0 Å². The first-order chi connectivity index (χ1) is 18.5. The SMILES string of the molecule is O=C(Oc1ccc([C@H]2[C@H]3C(=O)N(c4ccccc4Cl)C(=O)[C@@H]3ON2c2ccccc2)cc1)c1ccccc1. The van der Waals surface area contributed by atoms with Gasteiger partial charge in [0, 0.05) is 0 Å². The van der Waals surface area contributed by atoms with E-state index in [4.69, 9.17) is 21.2 Å². The number of hydrogen-bond acceptors (Lipinski definition) is 6. The molecule has 2 heterocycles. The molecule has 0 saturated carbocycles. The third-order valence-electron chi connectivity index (χ3n) is 6.66. The molecule has 0 aliphatic carbocycles. The van der Waals surface area contributed by atoms with Gasteiger partial charge in [0.1, 0.15) is 11.7 Å². The highest BCUT2D eigenvalue weighted by atomic mass is 35.5. The number of imide groups is 1. The van der Waals surface area contributed by atoms with Crippen LogP contribution in [0.5, 0.6) is 5.75 Å². The average molecular weight is 525 g/mol. The molecule has 0 unspecified atom stereocenters. The van der Waals surface area contributed by atoms with Crippen molar-refractivity contribution in [3.05, 3.63) is 125 Å². The van der Waals surface area contributed by atoms with Gasteiger partial charge in [-0.15, -0.1) is 0 Å². The summed E-state index contributed by atoms with van der Waals surface area (Å²) >= 11 is 6.33. The van der Waals surface area contributed by atoms with Crippen LogP contribution in [0.15, 0.2) is 109 Å². The summed E-state index contributed by atoms with van der Waals surface area (Å²) in [5.41, 5.74) is 2.20. The van der Waals surface area contributed by atoms with Crippen molar-refractivity contribution in [1.29, 1.82) is 0 Å². The minimum Gasteiger partial charge on any atom is -0.423 e. The second-order valence-corrected chi connectivity index (χ2v) is 9.35. The Bertz CT molecular complexity index is 1510. The van der Waals surface area contributed by atoms with E-state index < -0.39 is 35.8 Å². The van der Waals surface area contributed by atoms with Crippen LogP contribution in [0.2, 0.25) is 5.02 Å². The van der Waals surface area contributed by atoms with Crippen LogP contribution in [0.4, 0.5) is 11.4 Å². The van der Waals surface area contributed by atoms with Crippen molar-refractivity contribution in [2.24, 2.45) is 5.92 Å². The molecule has 4 aromatic carbocycles. The third kappa shape index (κ3) is 4.12. The molecule has 2 fully saturated rings. The second kappa shape index (κ2) is 9.78. The summed E-state index contributed by atoms with van der Waals surface area (Å²) in [6, 6.07) is 31.0. The number of fused-ring (bicyclic) bond motifs is 1. The lowest BCUT2D eigenvalue weighted by Crippen LogP contribution is -2.37. The zero-order chi connectivity index (χ0) is 26.2. The maximum absolute atomic E-state index is 13.8. The lowest BCUT2D eigenvalue weighted by atomic mass is 9.90.